The van der Waals surface area contributed by atoms with Gasteiger partial charge in [0.05, 0.1) is 9.82 Å². The summed E-state index contributed by atoms with van der Waals surface area (Å²) in [5, 5.41) is 13.9. The van der Waals surface area contributed by atoms with Gasteiger partial charge in [-0.15, -0.1) is 0 Å². The van der Waals surface area contributed by atoms with Crippen LogP contribution in [-0.4, -0.2) is 33.5 Å². The molecule has 4 N–H and O–H groups in total. The zero-order valence-electron chi connectivity index (χ0n) is 11.1. The van der Waals surface area contributed by atoms with Gasteiger partial charge in [-0.3, -0.25) is 10.1 Å². The average Bonchev–Trinajstić information content (AvgIpc) is 2.43. The van der Waals surface area contributed by atoms with Crippen molar-refractivity contribution >= 4 is 21.4 Å². The number of unbranched alkanes of at least 4 members (excludes halogenated alkanes) is 1. The van der Waals surface area contributed by atoms with Crippen LogP contribution < -0.4 is 15.8 Å². The first kappa shape index (κ1) is 16.3. The second-order valence-corrected chi connectivity index (χ2v) is 5.95. The minimum absolute atomic E-state index is 0.140. The van der Waals surface area contributed by atoms with E-state index in [0.717, 1.165) is 18.9 Å². The highest BCUT2D eigenvalue weighted by molar-refractivity contribution is 7.89. The molecule has 1 aromatic rings. The Morgan fingerprint density at radius 3 is 2.60 bits per heavy atom. The molecule has 20 heavy (non-hydrogen) atoms. The summed E-state index contributed by atoms with van der Waals surface area (Å²) in [6, 6.07) is 3.76. The third-order valence-electron chi connectivity index (χ3n) is 2.69. The summed E-state index contributed by atoms with van der Waals surface area (Å²) in [4.78, 5) is 10.3. The number of nitro groups is 1. The van der Waals surface area contributed by atoms with Gasteiger partial charge in [0.1, 0.15) is 5.69 Å². The van der Waals surface area contributed by atoms with Crippen molar-refractivity contribution in [3.05, 3.63) is 28.3 Å². The molecular formula is C11H18N4O4S. The molecule has 1 rings (SSSR count). The predicted octanol–water partition coefficient (Wildman–Crippen LogP) is 0.654. The quantitative estimate of drug-likeness (QED) is 0.367. The van der Waals surface area contributed by atoms with E-state index >= 15 is 0 Å². The third-order valence-corrected chi connectivity index (χ3v) is 4.10. The normalized spacial score (nSPS) is 11.3. The Hall–Kier alpha value is -1.71. The summed E-state index contributed by atoms with van der Waals surface area (Å²) in [5.41, 5.74) is 5.38. The molecule has 0 saturated carbocycles. The van der Waals surface area contributed by atoms with Crippen molar-refractivity contribution < 1.29 is 13.3 Å². The van der Waals surface area contributed by atoms with E-state index in [1.54, 1.807) is 0 Å². The fourth-order valence-electron chi connectivity index (χ4n) is 1.59. The molecule has 9 heteroatoms. The second kappa shape index (κ2) is 7.17. The summed E-state index contributed by atoms with van der Waals surface area (Å²) in [6.07, 6.45) is 1.59. The van der Waals surface area contributed by atoms with Gasteiger partial charge in [-0.25, -0.2) is 13.1 Å². The molecule has 1 aromatic carbocycles. The fraction of sp³-hybridized carbons (Fsp3) is 0.455. The number of nitrogens with zero attached hydrogens (tertiary/aromatic N) is 1. The van der Waals surface area contributed by atoms with Gasteiger partial charge in [-0.1, -0.05) is 0 Å². The third kappa shape index (κ3) is 4.15. The van der Waals surface area contributed by atoms with Crippen molar-refractivity contribution in [1.82, 2.24) is 4.72 Å². The van der Waals surface area contributed by atoms with Crippen LogP contribution in [0.15, 0.2) is 23.1 Å². The smallest absolute Gasteiger partial charge is 0.293 e. The molecule has 0 aromatic heterocycles. The van der Waals surface area contributed by atoms with Crippen LogP contribution in [0, 0.1) is 10.1 Å². The van der Waals surface area contributed by atoms with Crippen LogP contribution >= 0.6 is 0 Å². The van der Waals surface area contributed by atoms with Gasteiger partial charge in [0, 0.05) is 12.6 Å². The molecule has 0 unspecified atom stereocenters. The number of nitro benzene ring substituents is 1. The molecule has 0 saturated heterocycles. The van der Waals surface area contributed by atoms with Crippen molar-refractivity contribution in [1.29, 1.82) is 0 Å². The van der Waals surface area contributed by atoms with E-state index in [-0.39, 0.29) is 10.6 Å². The van der Waals surface area contributed by atoms with E-state index in [4.69, 9.17) is 5.73 Å². The van der Waals surface area contributed by atoms with Crippen LogP contribution in [0.1, 0.15) is 12.8 Å². The van der Waals surface area contributed by atoms with Crippen molar-refractivity contribution in [2.75, 3.05) is 25.5 Å². The highest BCUT2D eigenvalue weighted by Gasteiger charge is 2.19. The number of hydrogen-bond acceptors (Lipinski definition) is 6. The molecule has 0 atom stereocenters. The van der Waals surface area contributed by atoms with E-state index < -0.39 is 14.9 Å². The molecule has 0 bridgehead atoms. The lowest BCUT2D eigenvalue weighted by atomic mass is 10.2. The first-order valence-electron chi connectivity index (χ1n) is 6.08. The fourth-order valence-corrected chi connectivity index (χ4v) is 2.34. The summed E-state index contributed by atoms with van der Waals surface area (Å²) in [5.74, 6) is 0. The monoisotopic (exact) mass is 302 g/mol. The number of nitrogens with one attached hydrogen (secondary N) is 2. The Kier molecular flexibility index (Phi) is 5.86. The average molecular weight is 302 g/mol. The number of nitrogens with two attached hydrogens (primary N) is 1. The number of anilines is 1. The summed E-state index contributed by atoms with van der Waals surface area (Å²) in [6.45, 7) is 1.10. The molecule has 0 aliphatic heterocycles. The maximum Gasteiger partial charge on any atom is 0.293 e. The topological polar surface area (TPSA) is 127 Å². The Morgan fingerprint density at radius 1 is 1.35 bits per heavy atom. The number of benzene rings is 1. The van der Waals surface area contributed by atoms with Gasteiger partial charge in [-0.2, -0.15) is 0 Å². The number of sulfonamides is 1. The predicted molar refractivity (Wildman–Crippen MR) is 76.1 cm³/mol. The van der Waals surface area contributed by atoms with E-state index in [1.807, 2.05) is 0 Å². The molecule has 0 heterocycles. The Morgan fingerprint density at radius 2 is 2.05 bits per heavy atom. The van der Waals surface area contributed by atoms with Crippen molar-refractivity contribution in [2.45, 2.75) is 17.7 Å². The Balaban J connectivity index is 3.00. The minimum atomic E-state index is -3.70. The summed E-state index contributed by atoms with van der Waals surface area (Å²) in [7, 11) is -2.45. The minimum Gasteiger partial charge on any atom is -0.379 e. The van der Waals surface area contributed by atoms with Gasteiger partial charge < -0.3 is 11.1 Å². The molecule has 0 radical (unpaired) electrons. The van der Waals surface area contributed by atoms with Gasteiger partial charge in [0.15, 0.2) is 0 Å². The number of hydrogen-bond donors (Lipinski definition) is 3. The summed E-state index contributed by atoms with van der Waals surface area (Å²) < 4.78 is 25.4. The maximum atomic E-state index is 11.6. The highest BCUT2D eigenvalue weighted by atomic mass is 32.2. The second-order valence-electron chi connectivity index (χ2n) is 4.07. The van der Waals surface area contributed by atoms with Crippen LogP contribution in [0.3, 0.4) is 0 Å². The molecule has 112 valence electrons. The zero-order valence-corrected chi connectivity index (χ0v) is 11.9. The standard InChI is InChI=1S/C11H18N4O4S/c1-13-20(18,19)9-4-5-10(11(8-9)15(16)17)14-7-3-2-6-12/h4-5,8,13-14H,2-3,6-7,12H2,1H3. The number of rotatable bonds is 8. The Bertz CT molecular complexity index is 574. The van der Waals surface area contributed by atoms with Crippen LogP contribution in [-0.2, 0) is 10.0 Å². The molecule has 0 aliphatic rings. The van der Waals surface area contributed by atoms with Gasteiger partial charge in [0.2, 0.25) is 10.0 Å². The van der Waals surface area contributed by atoms with Crippen LogP contribution in [0.5, 0.6) is 0 Å². The first-order chi connectivity index (χ1) is 9.42. The molecule has 8 nitrogen and oxygen atoms in total. The zero-order chi connectivity index (χ0) is 15.2. The summed E-state index contributed by atoms with van der Waals surface area (Å²) >= 11 is 0. The molecule has 0 fully saturated rings. The maximum absolute atomic E-state index is 11.6. The largest absolute Gasteiger partial charge is 0.379 e. The van der Waals surface area contributed by atoms with E-state index in [9.17, 15) is 18.5 Å². The van der Waals surface area contributed by atoms with E-state index in [1.165, 1.54) is 19.2 Å². The van der Waals surface area contributed by atoms with Crippen LogP contribution in [0.4, 0.5) is 11.4 Å². The SMILES string of the molecule is CNS(=O)(=O)c1ccc(NCCCCN)c([N+](=O)[O-])c1. The van der Waals surface area contributed by atoms with Gasteiger partial charge in [-0.05, 0) is 38.6 Å². The van der Waals surface area contributed by atoms with Crippen LogP contribution in [0.2, 0.25) is 0 Å². The van der Waals surface area contributed by atoms with E-state index in [0.29, 0.717) is 18.8 Å². The van der Waals surface area contributed by atoms with Gasteiger partial charge >= 0.3 is 0 Å². The van der Waals surface area contributed by atoms with Crippen LogP contribution in [0.25, 0.3) is 0 Å². The van der Waals surface area contributed by atoms with E-state index in [2.05, 4.69) is 10.0 Å². The van der Waals surface area contributed by atoms with Crippen molar-refractivity contribution in [3.63, 3.8) is 0 Å². The van der Waals surface area contributed by atoms with Gasteiger partial charge in [0.25, 0.3) is 5.69 Å². The molecular weight excluding hydrogens is 284 g/mol. The van der Waals surface area contributed by atoms with Crippen molar-refractivity contribution in [2.24, 2.45) is 5.73 Å². The Labute approximate surface area is 117 Å². The first-order valence-corrected chi connectivity index (χ1v) is 7.56. The van der Waals surface area contributed by atoms with Crippen molar-refractivity contribution in [3.8, 4) is 0 Å². The highest BCUT2D eigenvalue weighted by Crippen LogP contribution is 2.27. The molecule has 0 aliphatic carbocycles. The lowest BCUT2D eigenvalue weighted by Gasteiger charge is -2.08. The molecule has 0 amide bonds. The lowest BCUT2D eigenvalue weighted by molar-refractivity contribution is -0.384. The molecule has 0 spiro atoms. The lowest BCUT2D eigenvalue weighted by Crippen LogP contribution is -2.18.